The zero-order valence-electron chi connectivity index (χ0n) is 19.3. The SMILES string of the molecule is CC1=C(CN2CC(C(=O)O)C2)CCc2cc(OCc3cc(C#N)c(OC(C)C)cn3)ccc21. The lowest BCUT2D eigenvalue weighted by Crippen LogP contribution is -2.50. The van der Waals surface area contributed by atoms with E-state index in [0.717, 1.165) is 25.1 Å². The number of nitrogens with zero attached hydrogens (tertiary/aromatic N) is 3. The molecule has 0 saturated carbocycles. The molecule has 0 atom stereocenters. The van der Waals surface area contributed by atoms with Gasteiger partial charge in [0, 0.05) is 19.6 Å². The summed E-state index contributed by atoms with van der Waals surface area (Å²) in [4.78, 5) is 17.6. The molecular formula is C26H29N3O4. The largest absolute Gasteiger partial charge is 0.488 e. The number of nitriles is 1. The van der Waals surface area contributed by atoms with E-state index in [4.69, 9.17) is 14.6 Å². The number of aryl methyl sites for hydroxylation is 1. The molecule has 1 aliphatic carbocycles. The predicted octanol–water partition coefficient (Wildman–Crippen LogP) is 4.06. The maximum absolute atomic E-state index is 11.0. The van der Waals surface area contributed by atoms with E-state index in [0.29, 0.717) is 30.1 Å². The fourth-order valence-corrected chi connectivity index (χ4v) is 4.38. The summed E-state index contributed by atoms with van der Waals surface area (Å²) in [7, 11) is 0. The minimum atomic E-state index is -0.697. The first kappa shape index (κ1) is 22.8. The molecule has 1 fully saturated rings. The third kappa shape index (κ3) is 5.18. The number of likely N-dealkylation sites (tertiary alicyclic amines) is 1. The van der Waals surface area contributed by atoms with Crippen LogP contribution in [0.3, 0.4) is 0 Å². The van der Waals surface area contributed by atoms with Gasteiger partial charge in [-0.1, -0.05) is 11.6 Å². The highest BCUT2D eigenvalue weighted by Crippen LogP contribution is 2.34. The van der Waals surface area contributed by atoms with E-state index in [9.17, 15) is 10.1 Å². The van der Waals surface area contributed by atoms with E-state index in [-0.39, 0.29) is 18.6 Å². The highest BCUT2D eigenvalue weighted by atomic mass is 16.5. The number of carboxylic acid groups (broad SMARTS) is 1. The average molecular weight is 448 g/mol. The molecular weight excluding hydrogens is 418 g/mol. The van der Waals surface area contributed by atoms with Gasteiger partial charge in [0.2, 0.25) is 0 Å². The Morgan fingerprint density at radius 1 is 1.30 bits per heavy atom. The fraction of sp³-hybridized carbons (Fsp3) is 0.423. The second-order valence-corrected chi connectivity index (χ2v) is 9.02. The summed E-state index contributed by atoms with van der Waals surface area (Å²) in [5, 5.41) is 18.5. The van der Waals surface area contributed by atoms with Crippen molar-refractivity contribution >= 4 is 11.5 Å². The molecule has 7 nitrogen and oxygen atoms in total. The normalized spacial score (nSPS) is 16.2. The first-order valence-electron chi connectivity index (χ1n) is 11.3. The zero-order chi connectivity index (χ0) is 23.5. The summed E-state index contributed by atoms with van der Waals surface area (Å²) >= 11 is 0. The topological polar surface area (TPSA) is 95.7 Å². The van der Waals surface area contributed by atoms with Crippen LogP contribution in [-0.4, -0.2) is 46.7 Å². The van der Waals surface area contributed by atoms with E-state index in [2.05, 4.69) is 35.0 Å². The Bertz CT molecular complexity index is 1130. The van der Waals surface area contributed by atoms with Gasteiger partial charge in [-0.2, -0.15) is 5.26 Å². The van der Waals surface area contributed by atoms with Gasteiger partial charge >= 0.3 is 5.97 Å². The van der Waals surface area contributed by atoms with Crippen LogP contribution in [0.15, 0.2) is 36.0 Å². The standard InChI is InChI=1S/C26H29N3O4/c1-16(2)33-25-11-28-22(8-20(25)10-27)15-32-23-6-7-24-17(3)19(5-4-18(24)9-23)12-29-13-21(14-29)26(30)31/h6-9,11,16,21H,4-5,12-15H2,1-3H3,(H,30,31). The average Bonchev–Trinajstić information content (AvgIpc) is 2.75. The van der Waals surface area contributed by atoms with Crippen LogP contribution in [0.1, 0.15) is 49.6 Å². The number of carboxylic acids is 1. The van der Waals surface area contributed by atoms with Crippen molar-refractivity contribution in [2.75, 3.05) is 19.6 Å². The van der Waals surface area contributed by atoms with E-state index in [1.807, 2.05) is 19.9 Å². The molecule has 0 unspecified atom stereocenters. The summed E-state index contributed by atoms with van der Waals surface area (Å²) in [5.41, 5.74) is 6.28. The Morgan fingerprint density at radius 3 is 2.79 bits per heavy atom. The van der Waals surface area contributed by atoms with Crippen molar-refractivity contribution in [3.05, 3.63) is 58.4 Å². The lowest BCUT2D eigenvalue weighted by atomic mass is 9.85. The van der Waals surface area contributed by atoms with Crippen LogP contribution in [0.5, 0.6) is 11.5 Å². The fourth-order valence-electron chi connectivity index (χ4n) is 4.38. The molecule has 1 aromatic heterocycles. The van der Waals surface area contributed by atoms with Crippen molar-refractivity contribution in [3.8, 4) is 17.6 Å². The molecule has 2 aromatic rings. The number of hydrogen-bond acceptors (Lipinski definition) is 6. The van der Waals surface area contributed by atoms with Crippen molar-refractivity contribution in [2.24, 2.45) is 5.92 Å². The predicted molar refractivity (Wildman–Crippen MR) is 124 cm³/mol. The van der Waals surface area contributed by atoms with Gasteiger partial charge < -0.3 is 14.6 Å². The van der Waals surface area contributed by atoms with Gasteiger partial charge in [0.25, 0.3) is 0 Å². The van der Waals surface area contributed by atoms with E-state index >= 15 is 0 Å². The molecule has 33 heavy (non-hydrogen) atoms. The number of allylic oxidation sites excluding steroid dienone is 1. The number of fused-ring (bicyclic) bond motifs is 1. The Labute approximate surface area is 194 Å². The first-order valence-corrected chi connectivity index (χ1v) is 11.3. The van der Waals surface area contributed by atoms with E-state index in [1.165, 1.54) is 22.3 Å². The number of aliphatic carboxylic acids is 1. The number of ether oxygens (including phenoxy) is 2. The molecule has 172 valence electrons. The van der Waals surface area contributed by atoms with Crippen molar-refractivity contribution in [1.29, 1.82) is 5.26 Å². The van der Waals surface area contributed by atoms with E-state index in [1.54, 1.807) is 12.3 Å². The molecule has 4 rings (SSSR count). The number of hydrogen-bond donors (Lipinski definition) is 1. The van der Waals surface area contributed by atoms with Crippen LogP contribution in [-0.2, 0) is 17.8 Å². The third-order valence-corrected chi connectivity index (χ3v) is 6.22. The minimum Gasteiger partial charge on any atom is -0.488 e. The summed E-state index contributed by atoms with van der Waals surface area (Å²) in [6.45, 7) is 8.36. The molecule has 1 aromatic carbocycles. The van der Waals surface area contributed by atoms with Crippen LogP contribution in [0.4, 0.5) is 0 Å². The van der Waals surface area contributed by atoms with E-state index < -0.39 is 5.97 Å². The summed E-state index contributed by atoms with van der Waals surface area (Å²) in [6.07, 6.45) is 3.47. The van der Waals surface area contributed by atoms with Crippen molar-refractivity contribution in [3.63, 3.8) is 0 Å². The van der Waals surface area contributed by atoms with Crippen LogP contribution >= 0.6 is 0 Å². The molecule has 0 amide bonds. The van der Waals surface area contributed by atoms with Gasteiger partial charge in [0.15, 0.2) is 5.75 Å². The molecule has 1 N–H and O–H groups in total. The smallest absolute Gasteiger partial charge is 0.309 e. The quantitative estimate of drug-likeness (QED) is 0.652. The molecule has 1 saturated heterocycles. The number of carbonyl (C=O) groups is 1. The van der Waals surface area contributed by atoms with Crippen molar-refractivity contribution < 1.29 is 19.4 Å². The molecule has 0 spiro atoms. The lowest BCUT2D eigenvalue weighted by molar-refractivity contribution is -0.147. The molecule has 2 heterocycles. The Kier molecular flexibility index (Phi) is 6.66. The number of rotatable bonds is 8. The second kappa shape index (κ2) is 9.63. The Hall–Kier alpha value is -3.37. The van der Waals surface area contributed by atoms with Crippen LogP contribution in [0.2, 0.25) is 0 Å². The number of benzene rings is 1. The Morgan fingerprint density at radius 2 is 2.09 bits per heavy atom. The van der Waals surface area contributed by atoms with Gasteiger partial charge in [-0.05, 0) is 68.5 Å². The molecule has 1 aliphatic heterocycles. The zero-order valence-corrected chi connectivity index (χ0v) is 19.3. The van der Waals surface area contributed by atoms with Gasteiger partial charge in [-0.15, -0.1) is 0 Å². The van der Waals surface area contributed by atoms with Crippen LogP contribution in [0.25, 0.3) is 5.57 Å². The molecule has 0 radical (unpaired) electrons. The van der Waals surface area contributed by atoms with Crippen molar-refractivity contribution in [1.82, 2.24) is 9.88 Å². The van der Waals surface area contributed by atoms with Gasteiger partial charge in [0.1, 0.15) is 18.4 Å². The van der Waals surface area contributed by atoms with Crippen LogP contribution < -0.4 is 9.47 Å². The minimum absolute atomic E-state index is 0.0258. The highest BCUT2D eigenvalue weighted by Gasteiger charge is 2.33. The summed E-state index contributed by atoms with van der Waals surface area (Å²) < 4.78 is 11.6. The van der Waals surface area contributed by atoms with Gasteiger partial charge in [-0.3, -0.25) is 14.7 Å². The molecule has 2 aliphatic rings. The first-order chi connectivity index (χ1) is 15.8. The number of aromatic nitrogens is 1. The third-order valence-electron chi connectivity index (χ3n) is 6.22. The summed E-state index contributed by atoms with van der Waals surface area (Å²) in [5.74, 6) is 0.344. The van der Waals surface area contributed by atoms with Crippen molar-refractivity contribution in [2.45, 2.75) is 46.3 Å². The van der Waals surface area contributed by atoms with Gasteiger partial charge in [-0.25, -0.2) is 0 Å². The maximum atomic E-state index is 11.0. The monoisotopic (exact) mass is 447 g/mol. The van der Waals surface area contributed by atoms with Gasteiger partial charge in [0.05, 0.1) is 29.5 Å². The molecule has 0 bridgehead atoms. The summed E-state index contributed by atoms with van der Waals surface area (Å²) in [6, 6.07) is 10.0. The molecule has 7 heteroatoms. The maximum Gasteiger partial charge on any atom is 0.309 e. The lowest BCUT2D eigenvalue weighted by Gasteiger charge is -2.38. The van der Waals surface area contributed by atoms with Crippen LogP contribution in [0, 0.1) is 17.2 Å². The second-order valence-electron chi connectivity index (χ2n) is 9.02. The highest BCUT2D eigenvalue weighted by molar-refractivity contribution is 5.73. The Balaban J connectivity index is 1.40. The number of pyridine rings is 1.